The number of carbonyl (C=O) groups excluding carboxylic acids is 1. The van der Waals surface area contributed by atoms with E-state index in [1.807, 2.05) is 0 Å². The van der Waals surface area contributed by atoms with E-state index in [9.17, 15) is 28.5 Å². The average molecular weight is 837 g/mol. The van der Waals surface area contributed by atoms with Crippen molar-refractivity contribution in [3.8, 4) is 0 Å². The summed E-state index contributed by atoms with van der Waals surface area (Å²) in [5, 5.41) is 30.6. The topological polar surface area (TPSA) is 178 Å². The maximum absolute atomic E-state index is 12.8. The second-order valence-corrected chi connectivity index (χ2v) is 17.0. The number of aliphatic hydroxyl groups excluding tert-OH is 3. The third-order valence-corrected chi connectivity index (χ3v) is 11.1. The van der Waals surface area contributed by atoms with Gasteiger partial charge in [-0.1, -0.05) is 174 Å². The monoisotopic (exact) mass is 837 g/mol. The number of carbonyl (C=O) groups is 1. The van der Waals surface area contributed by atoms with Crippen LogP contribution in [0.2, 0.25) is 0 Å². The summed E-state index contributed by atoms with van der Waals surface area (Å²) in [5.41, 5.74) is 0. The predicted molar refractivity (Wildman–Crippen MR) is 225 cm³/mol. The highest BCUT2D eigenvalue weighted by molar-refractivity contribution is 7.80. The fourth-order valence-electron chi connectivity index (χ4n) is 7.15. The molecule has 6 atom stereocenters. The average Bonchev–Trinajstić information content (AvgIpc) is 3.18. The van der Waals surface area contributed by atoms with E-state index in [1.54, 1.807) is 0 Å². The van der Waals surface area contributed by atoms with E-state index in [4.69, 9.17) is 23.5 Å². The van der Waals surface area contributed by atoms with Crippen molar-refractivity contribution >= 4 is 16.4 Å². The van der Waals surface area contributed by atoms with E-state index >= 15 is 0 Å². The molecule has 0 aromatic carbocycles. The lowest BCUT2D eigenvalue weighted by atomic mass is 9.99. The first kappa shape index (κ1) is 53.9. The first-order valence-corrected chi connectivity index (χ1v) is 24.3. The van der Waals surface area contributed by atoms with Crippen molar-refractivity contribution in [2.45, 2.75) is 237 Å². The minimum absolute atomic E-state index is 0.0366. The highest BCUT2D eigenvalue weighted by Crippen LogP contribution is 2.26. The van der Waals surface area contributed by atoms with Crippen molar-refractivity contribution in [1.82, 2.24) is 0 Å². The Hall–Kier alpha value is -1.16. The van der Waals surface area contributed by atoms with Gasteiger partial charge in [-0.15, -0.1) is 0 Å². The van der Waals surface area contributed by atoms with Gasteiger partial charge in [-0.2, -0.15) is 8.42 Å². The molecule has 1 heterocycles. The van der Waals surface area contributed by atoms with Gasteiger partial charge in [0.05, 0.1) is 19.8 Å². The van der Waals surface area contributed by atoms with Crippen LogP contribution < -0.4 is 0 Å². The number of hydrogen-bond acceptors (Lipinski definition) is 11. The normalized spacial score (nSPS) is 20.7. The molecule has 1 aliphatic heterocycles. The standard InChI is InChI=1S/C44H84O12S/c1-3-5-7-9-11-13-15-16-17-18-19-20-21-22-23-25-27-29-31-33-40(46)54-38(36-52-34-32-30-28-26-24-14-12-10-8-6-4-2)37-53-44-42(48)43(56-57(49,50)51)41(47)39(35-45)55-44/h8,10,38-39,41-45,47-48H,3-7,9,11-37H2,1-2H3,(H,49,50,51)/b10-8-. The minimum Gasteiger partial charge on any atom is -0.457 e. The van der Waals surface area contributed by atoms with Gasteiger partial charge in [-0.05, 0) is 32.1 Å². The number of aliphatic hydroxyl groups is 3. The SMILES string of the molecule is CCC/C=C\CCCCCCCCOCC(COC1OC(CO)C(O)C(OS(=O)(=O)O)C1O)OC(=O)CCCCCCCCCCCCCCCCCCCCC. The van der Waals surface area contributed by atoms with Crippen molar-refractivity contribution in [3.63, 3.8) is 0 Å². The Labute approximate surface area is 347 Å². The van der Waals surface area contributed by atoms with Gasteiger partial charge in [-0.25, -0.2) is 4.18 Å². The lowest BCUT2D eigenvalue weighted by Gasteiger charge is -2.41. The summed E-state index contributed by atoms with van der Waals surface area (Å²) in [5.74, 6) is -0.398. The molecular weight excluding hydrogens is 753 g/mol. The summed E-state index contributed by atoms with van der Waals surface area (Å²) in [4.78, 5) is 12.8. The molecule has 0 radical (unpaired) electrons. The van der Waals surface area contributed by atoms with Crippen LogP contribution in [-0.4, -0.2) is 97.5 Å². The van der Waals surface area contributed by atoms with E-state index in [0.717, 1.165) is 51.4 Å². The molecule has 0 saturated carbocycles. The first-order chi connectivity index (χ1) is 27.6. The lowest BCUT2D eigenvalue weighted by Crippen LogP contribution is -2.60. The van der Waals surface area contributed by atoms with Crippen LogP contribution in [0, 0.1) is 0 Å². The van der Waals surface area contributed by atoms with Crippen LogP contribution in [0.15, 0.2) is 12.2 Å². The summed E-state index contributed by atoms with van der Waals surface area (Å²) in [6.07, 6.45) is 29.7. The molecule has 0 bridgehead atoms. The molecule has 1 aliphatic rings. The molecule has 57 heavy (non-hydrogen) atoms. The number of rotatable bonds is 40. The van der Waals surface area contributed by atoms with E-state index in [0.29, 0.717) is 13.0 Å². The van der Waals surface area contributed by atoms with Crippen molar-refractivity contribution in [2.75, 3.05) is 26.4 Å². The highest BCUT2D eigenvalue weighted by Gasteiger charge is 2.48. The molecule has 0 spiro atoms. The summed E-state index contributed by atoms with van der Waals surface area (Å²) >= 11 is 0. The largest absolute Gasteiger partial charge is 0.457 e. The fraction of sp³-hybridized carbons (Fsp3) is 0.932. The molecule has 13 heteroatoms. The first-order valence-electron chi connectivity index (χ1n) is 22.9. The summed E-state index contributed by atoms with van der Waals surface area (Å²) in [6.45, 7) is 3.94. The zero-order valence-electron chi connectivity index (χ0n) is 35.9. The van der Waals surface area contributed by atoms with Gasteiger partial charge >= 0.3 is 16.4 Å². The third-order valence-electron chi connectivity index (χ3n) is 10.6. The summed E-state index contributed by atoms with van der Waals surface area (Å²) in [6, 6.07) is 0. The Morgan fingerprint density at radius 2 is 1.14 bits per heavy atom. The van der Waals surface area contributed by atoms with Gasteiger partial charge in [-0.3, -0.25) is 9.35 Å². The second-order valence-electron chi connectivity index (χ2n) is 16.0. The van der Waals surface area contributed by atoms with E-state index in [2.05, 4.69) is 30.2 Å². The highest BCUT2D eigenvalue weighted by atomic mass is 32.3. The molecule has 338 valence electrons. The Morgan fingerprint density at radius 1 is 0.649 bits per heavy atom. The summed E-state index contributed by atoms with van der Waals surface area (Å²) in [7, 11) is -5.06. The number of unbranched alkanes of at least 4 members (excludes halogenated alkanes) is 25. The number of allylic oxidation sites excluding steroid dienone is 2. The van der Waals surface area contributed by atoms with Crippen molar-refractivity contribution in [3.05, 3.63) is 12.2 Å². The number of hydrogen-bond donors (Lipinski definition) is 4. The molecule has 0 aromatic heterocycles. The van der Waals surface area contributed by atoms with E-state index in [-0.39, 0.29) is 19.6 Å². The fourth-order valence-corrected chi connectivity index (χ4v) is 7.65. The lowest BCUT2D eigenvalue weighted by molar-refractivity contribution is -0.301. The van der Waals surface area contributed by atoms with E-state index < -0.39 is 59.8 Å². The van der Waals surface area contributed by atoms with Crippen LogP contribution in [0.25, 0.3) is 0 Å². The van der Waals surface area contributed by atoms with Crippen LogP contribution in [0.3, 0.4) is 0 Å². The zero-order valence-corrected chi connectivity index (χ0v) is 36.7. The maximum atomic E-state index is 12.8. The van der Waals surface area contributed by atoms with Gasteiger partial charge < -0.3 is 34.3 Å². The van der Waals surface area contributed by atoms with Gasteiger partial charge in [0.25, 0.3) is 0 Å². The molecule has 0 aliphatic carbocycles. The van der Waals surface area contributed by atoms with Crippen LogP contribution in [0.1, 0.15) is 200 Å². The van der Waals surface area contributed by atoms with Crippen molar-refractivity contribution in [1.29, 1.82) is 0 Å². The molecule has 6 unspecified atom stereocenters. The predicted octanol–water partition coefficient (Wildman–Crippen LogP) is 9.47. The van der Waals surface area contributed by atoms with E-state index in [1.165, 1.54) is 122 Å². The third kappa shape index (κ3) is 30.5. The number of esters is 1. The summed E-state index contributed by atoms with van der Waals surface area (Å²) < 4.78 is 59.0. The Kier molecular flexibility index (Phi) is 34.6. The van der Waals surface area contributed by atoms with Crippen LogP contribution in [0.4, 0.5) is 0 Å². The van der Waals surface area contributed by atoms with Gasteiger partial charge in [0.2, 0.25) is 0 Å². The number of ether oxygens (including phenoxy) is 4. The molecule has 0 amide bonds. The van der Waals surface area contributed by atoms with Crippen molar-refractivity contribution in [2.24, 2.45) is 0 Å². The van der Waals surface area contributed by atoms with Gasteiger partial charge in [0.1, 0.15) is 30.5 Å². The van der Waals surface area contributed by atoms with Gasteiger partial charge in [0.15, 0.2) is 6.29 Å². The van der Waals surface area contributed by atoms with Crippen molar-refractivity contribution < 1.29 is 56.2 Å². The molecular formula is C44H84O12S. The van der Waals surface area contributed by atoms with Crippen LogP contribution in [-0.2, 0) is 38.3 Å². The molecule has 0 aromatic rings. The Balaban J connectivity index is 2.38. The molecule has 1 rings (SSSR count). The Morgan fingerprint density at radius 3 is 1.65 bits per heavy atom. The van der Waals surface area contributed by atoms with Crippen LogP contribution >= 0.6 is 0 Å². The van der Waals surface area contributed by atoms with Crippen LogP contribution in [0.5, 0.6) is 0 Å². The zero-order chi connectivity index (χ0) is 41.8. The van der Waals surface area contributed by atoms with Gasteiger partial charge in [0, 0.05) is 13.0 Å². The molecule has 4 N–H and O–H groups in total. The smallest absolute Gasteiger partial charge is 0.397 e. The molecule has 1 saturated heterocycles. The molecule has 1 fully saturated rings. The maximum Gasteiger partial charge on any atom is 0.397 e. The second kappa shape index (κ2) is 36.7. The Bertz CT molecular complexity index is 1060. The quantitative estimate of drug-likeness (QED) is 0.0199. The minimum atomic E-state index is -5.06. The molecule has 12 nitrogen and oxygen atoms in total.